The van der Waals surface area contributed by atoms with E-state index in [9.17, 15) is 8.42 Å². The van der Waals surface area contributed by atoms with Crippen molar-refractivity contribution in [3.05, 3.63) is 24.3 Å². The monoisotopic (exact) mass is 325 g/mol. The molecule has 1 aliphatic carbocycles. The molecule has 6 heteroatoms. The predicted octanol–water partition coefficient (Wildman–Crippen LogP) is 2.13. The van der Waals surface area contributed by atoms with Crippen LogP contribution in [0.3, 0.4) is 0 Å². The molecule has 22 heavy (non-hydrogen) atoms. The SMILES string of the molecule is COC[C@@]12CCC[C@@H]1CN(S(=O)(=O)c1cccc(OC)c1)C2. The van der Waals surface area contributed by atoms with Crippen LogP contribution in [-0.4, -0.2) is 46.6 Å². The van der Waals surface area contributed by atoms with E-state index >= 15 is 0 Å². The molecule has 0 radical (unpaired) electrons. The smallest absolute Gasteiger partial charge is 0.243 e. The third kappa shape index (κ3) is 2.53. The average molecular weight is 325 g/mol. The highest BCUT2D eigenvalue weighted by Crippen LogP contribution is 2.50. The summed E-state index contributed by atoms with van der Waals surface area (Å²) in [7, 11) is -0.233. The molecule has 3 rings (SSSR count). The molecule has 1 aromatic rings. The van der Waals surface area contributed by atoms with Gasteiger partial charge in [0.1, 0.15) is 5.75 Å². The first kappa shape index (κ1) is 15.8. The molecule has 0 unspecified atom stereocenters. The van der Waals surface area contributed by atoms with Crippen molar-refractivity contribution in [3.8, 4) is 5.75 Å². The Bertz CT molecular complexity index is 645. The van der Waals surface area contributed by atoms with Crippen LogP contribution in [0.2, 0.25) is 0 Å². The molecule has 0 spiro atoms. The maximum Gasteiger partial charge on any atom is 0.243 e. The lowest BCUT2D eigenvalue weighted by molar-refractivity contribution is 0.0738. The number of nitrogens with zero attached hydrogens (tertiary/aromatic N) is 1. The molecule has 1 aliphatic heterocycles. The fraction of sp³-hybridized carbons (Fsp3) is 0.625. The van der Waals surface area contributed by atoms with Crippen LogP contribution in [0.25, 0.3) is 0 Å². The third-order valence-corrected chi connectivity index (χ3v) is 6.93. The van der Waals surface area contributed by atoms with Gasteiger partial charge in [-0.25, -0.2) is 8.42 Å². The minimum absolute atomic E-state index is 0.000681. The molecule has 0 N–H and O–H groups in total. The summed E-state index contributed by atoms with van der Waals surface area (Å²) in [6.07, 6.45) is 3.31. The van der Waals surface area contributed by atoms with Gasteiger partial charge in [0.05, 0.1) is 18.6 Å². The summed E-state index contributed by atoms with van der Waals surface area (Å²) >= 11 is 0. The van der Waals surface area contributed by atoms with E-state index in [0.29, 0.717) is 36.3 Å². The summed E-state index contributed by atoms with van der Waals surface area (Å²) in [6, 6.07) is 6.69. The van der Waals surface area contributed by atoms with E-state index < -0.39 is 10.0 Å². The van der Waals surface area contributed by atoms with Crippen molar-refractivity contribution in [2.24, 2.45) is 11.3 Å². The molecule has 5 nitrogen and oxygen atoms in total. The lowest BCUT2D eigenvalue weighted by atomic mass is 9.82. The van der Waals surface area contributed by atoms with Crippen molar-refractivity contribution in [1.82, 2.24) is 4.31 Å². The van der Waals surface area contributed by atoms with Crippen LogP contribution in [0.5, 0.6) is 5.75 Å². The van der Waals surface area contributed by atoms with Crippen LogP contribution >= 0.6 is 0 Å². The molecule has 2 aliphatic rings. The van der Waals surface area contributed by atoms with Crippen molar-refractivity contribution in [2.45, 2.75) is 24.2 Å². The van der Waals surface area contributed by atoms with Gasteiger partial charge in [-0.2, -0.15) is 4.31 Å². The van der Waals surface area contributed by atoms with E-state index in [1.165, 1.54) is 6.42 Å². The highest BCUT2D eigenvalue weighted by atomic mass is 32.2. The summed E-state index contributed by atoms with van der Waals surface area (Å²) in [4.78, 5) is 0.305. The van der Waals surface area contributed by atoms with Gasteiger partial charge in [0, 0.05) is 31.7 Å². The van der Waals surface area contributed by atoms with E-state index in [4.69, 9.17) is 9.47 Å². The largest absolute Gasteiger partial charge is 0.497 e. The molecule has 0 bridgehead atoms. The highest BCUT2D eigenvalue weighted by Gasteiger charge is 2.52. The van der Waals surface area contributed by atoms with Crippen molar-refractivity contribution in [2.75, 3.05) is 33.9 Å². The van der Waals surface area contributed by atoms with Gasteiger partial charge in [-0.3, -0.25) is 0 Å². The first-order valence-electron chi connectivity index (χ1n) is 7.65. The Morgan fingerprint density at radius 2 is 2.18 bits per heavy atom. The Morgan fingerprint density at radius 1 is 1.36 bits per heavy atom. The minimum Gasteiger partial charge on any atom is -0.497 e. The van der Waals surface area contributed by atoms with Gasteiger partial charge in [-0.15, -0.1) is 0 Å². The van der Waals surface area contributed by atoms with E-state index in [1.807, 2.05) is 0 Å². The zero-order valence-corrected chi connectivity index (χ0v) is 13.9. The number of fused-ring (bicyclic) bond motifs is 1. The average Bonchev–Trinajstić information content (AvgIpc) is 3.04. The number of ether oxygens (including phenoxy) is 2. The zero-order valence-electron chi connectivity index (χ0n) is 13.1. The van der Waals surface area contributed by atoms with Crippen LogP contribution in [-0.2, 0) is 14.8 Å². The number of rotatable bonds is 5. The predicted molar refractivity (Wildman–Crippen MR) is 83.4 cm³/mol. The second-order valence-corrected chi connectivity index (χ2v) is 8.30. The Kier molecular flexibility index (Phi) is 4.18. The lowest BCUT2D eigenvalue weighted by Crippen LogP contribution is -2.34. The molecule has 2 fully saturated rings. The second kappa shape index (κ2) is 5.83. The minimum atomic E-state index is -3.47. The van der Waals surface area contributed by atoms with Gasteiger partial charge < -0.3 is 9.47 Å². The maximum atomic E-state index is 12.9. The van der Waals surface area contributed by atoms with Gasteiger partial charge in [0.15, 0.2) is 0 Å². The number of hydrogen-bond donors (Lipinski definition) is 0. The maximum absolute atomic E-state index is 12.9. The Balaban J connectivity index is 1.88. The molecular weight excluding hydrogens is 302 g/mol. The van der Waals surface area contributed by atoms with Crippen LogP contribution in [0, 0.1) is 11.3 Å². The van der Waals surface area contributed by atoms with E-state index in [1.54, 1.807) is 42.8 Å². The molecule has 0 aromatic heterocycles. The normalized spacial score (nSPS) is 28.7. The molecule has 1 saturated heterocycles. The first-order valence-corrected chi connectivity index (χ1v) is 9.09. The number of methoxy groups -OCH3 is 2. The van der Waals surface area contributed by atoms with Crippen molar-refractivity contribution in [3.63, 3.8) is 0 Å². The summed E-state index contributed by atoms with van der Waals surface area (Å²) in [5, 5.41) is 0. The number of sulfonamides is 1. The van der Waals surface area contributed by atoms with Gasteiger partial charge >= 0.3 is 0 Å². The van der Waals surface area contributed by atoms with Gasteiger partial charge in [-0.05, 0) is 30.9 Å². The third-order valence-electron chi connectivity index (χ3n) is 5.12. The molecule has 1 saturated carbocycles. The van der Waals surface area contributed by atoms with E-state index in [-0.39, 0.29) is 5.41 Å². The number of hydrogen-bond acceptors (Lipinski definition) is 4. The van der Waals surface area contributed by atoms with Gasteiger partial charge in [0.2, 0.25) is 10.0 Å². The second-order valence-electron chi connectivity index (χ2n) is 6.36. The van der Waals surface area contributed by atoms with Crippen molar-refractivity contribution in [1.29, 1.82) is 0 Å². The van der Waals surface area contributed by atoms with Crippen LogP contribution in [0.4, 0.5) is 0 Å². The molecule has 0 amide bonds. The summed E-state index contributed by atoms with van der Waals surface area (Å²) in [6.45, 7) is 1.80. The molecule has 1 heterocycles. The Hall–Kier alpha value is -1.11. The Morgan fingerprint density at radius 3 is 2.91 bits per heavy atom. The summed E-state index contributed by atoms with van der Waals surface area (Å²) < 4.78 is 38.0. The van der Waals surface area contributed by atoms with Gasteiger partial charge in [-0.1, -0.05) is 12.5 Å². The van der Waals surface area contributed by atoms with Gasteiger partial charge in [0.25, 0.3) is 0 Å². The quantitative estimate of drug-likeness (QED) is 0.832. The summed E-state index contributed by atoms with van der Waals surface area (Å²) in [5.41, 5.74) is 0.000681. The van der Waals surface area contributed by atoms with E-state index in [2.05, 4.69) is 0 Å². The lowest BCUT2D eigenvalue weighted by Gasteiger charge is -2.27. The van der Waals surface area contributed by atoms with E-state index in [0.717, 1.165) is 12.8 Å². The molecule has 2 atom stereocenters. The number of benzene rings is 1. The Labute approximate surface area is 132 Å². The van der Waals surface area contributed by atoms with Crippen molar-refractivity contribution < 1.29 is 17.9 Å². The van der Waals surface area contributed by atoms with Crippen LogP contribution in [0.15, 0.2) is 29.2 Å². The zero-order chi connectivity index (χ0) is 15.8. The summed E-state index contributed by atoms with van der Waals surface area (Å²) in [5.74, 6) is 0.972. The molecule has 122 valence electrons. The standard InChI is InChI=1S/C16H23NO4S/c1-20-12-16-8-4-5-13(16)10-17(11-16)22(18,19)15-7-3-6-14(9-15)21-2/h3,6-7,9,13H,4-5,8,10-12H2,1-2H3/t13-,16+/m1/s1. The first-order chi connectivity index (χ1) is 10.5. The fourth-order valence-electron chi connectivity index (χ4n) is 3.98. The van der Waals surface area contributed by atoms with Crippen LogP contribution in [0.1, 0.15) is 19.3 Å². The highest BCUT2D eigenvalue weighted by molar-refractivity contribution is 7.89. The fourth-order valence-corrected chi connectivity index (χ4v) is 5.60. The molecular formula is C16H23NO4S. The van der Waals surface area contributed by atoms with Crippen LogP contribution < -0.4 is 4.74 Å². The van der Waals surface area contributed by atoms with Crippen molar-refractivity contribution >= 4 is 10.0 Å². The topological polar surface area (TPSA) is 55.8 Å². The molecule has 1 aromatic carbocycles.